The van der Waals surface area contributed by atoms with Gasteiger partial charge < -0.3 is 31.9 Å². The molecule has 4 amide bonds. The Balaban J connectivity index is 0.000000323. The van der Waals surface area contributed by atoms with Crippen LogP contribution in [0.3, 0.4) is 0 Å². The molecule has 7 N–H and O–H groups in total. The van der Waals surface area contributed by atoms with E-state index in [9.17, 15) is 42.7 Å². The zero-order valence-corrected chi connectivity index (χ0v) is 35.9. The Kier molecular flexibility index (Phi) is 14.9. The monoisotopic (exact) mass is 828 g/mol. The number of rotatable bonds is 10. The van der Waals surface area contributed by atoms with E-state index < -0.39 is 41.0 Å². The summed E-state index contributed by atoms with van der Waals surface area (Å²) < 4.78 is 34.2. The first kappa shape index (κ1) is 47.9. The number of hydrogen-bond acceptors (Lipinski definition) is 7. The molecule has 0 spiro atoms. The normalized spacial score (nSPS) is 11.5. The van der Waals surface area contributed by atoms with E-state index in [1.807, 2.05) is 41.5 Å². The molecular weight excluding hydrogens is 775 g/mol. The van der Waals surface area contributed by atoms with E-state index in [1.165, 1.54) is 62.4 Å². The van der Waals surface area contributed by atoms with Crippen LogP contribution in [-0.4, -0.2) is 59.4 Å². The molecule has 0 radical (unpaired) electrons. The largest absolute Gasteiger partial charge is 0.478 e. The third-order valence-corrected chi connectivity index (χ3v) is 8.80. The number of hydrogen-bond donors (Lipinski definition) is 5. The highest BCUT2D eigenvalue weighted by atomic mass is 19.1. The molecule has 0 aliphatic carbocycles. The number of benzene rings is 4. The Bertz CT molecular complexity index is 2350. The van der Waals surface area contributed by atoms with E-state index in [0.29, 0.717) is 24.2 Å². The second kappa shape index (κ2) is 18.6. The zero-order valence-electron chi connectivity index (χ0n) is 35.9. The van der Waals surface area contributed by atoms with Crippen molar-refractivity contribution in [1.29, 1.82) is 0 Å². The van der Waals surface area contributed by atoms with Gasteiger partial charge in [-0.2, -0.15) is 0 Å². The Morgan fingerprint density at radius 2 is 0.933 bits per heavy atom. The van der Waals surface area contributed by atoms with Crippen molar-refractivity contribution in [3.8, 4) is 22.3 Å². The van der Waals surface area contributed by atoms with Gasteiger partial charge in [0.15, 0.2) is 0 Å². The zero-order chi connectivity index (χ0) is 45.7. The third-order valence-electron chi connectivity index (χ3n) is 8.80. The summed E-state index contributed by atoms with van der Waals surface area (Å²) in [5.41, 5.74) is 11.9. The molecular formula is C46H54F2N4O8. The molecule has 0 fully saturated rings. The summed E-state index contributed by atoms with van der Waals surface area (Å²) in [5, 5.41) is 14.8. The van der Waals surface area contributed by atoms with Crippen molar-refractivity contribution < 1.29 is 47.4 Å². The quantitative estimate of drug-likeness (QED) is 0.0987. The summed E-state index contributed by atoms with van der Waals surface area (Å²) in [5.74, 6) is -5.60. The van der Waals surface area contributed by atoms with E-state index in [4.69, 9.17) is 16.2 Å². The molecule has 4 aromatic rings. The smallest absolute Gasteiger partial charge is 0.338 e. The lowest BCUT2D eigenvalue weighted by Crippen LogP contribution is -2.32. The average molecular weight is 829 g/mol. The van der Waals surface area contributed by atoms with Crippen LogP contribution in [0.15, 0.2) is 60.7 Å². The molecule has 0 unspecified atom stereocenters. The van der Waals surface area contributed by atoms with Crippen molar-refractivity contribution in [3.05, 3.63) is 117 Å². The van der Waals surface area contributed by atoms with Crippen molar-refractivity contribution in [2.24, 2.45) is 22.3 Å². The Morgan fingerprint density at radius 1 is 0.567 bits per heavy atom. The lowest BCUT2D eigenvalue weighted by Gasteiger charge is -2.20. The predicted molar refractivity (Wildman–Crippen MR) is 226 cm³/mol. The number of carbonyl (C=O) groups excluding carboxylic acids is 5. The molecule has 0 aliphatic rings. The molecule has 4 aromatic carbocycles. The van der Waals surface area contributed by atoms with E-state index in [-0.39, 0.29) is 78.3 Å². The van der Waals surface area contributed by atoms with Gasteiger partial charge in [0.25, 0.3) is 11.8 Å². The second-order valence-electron chi connectivity index (χ2n) is 17.8. The highest BCUT2D eigenvalue weighted by Crippen LogP contribution is 2.33. The Labute approximate surface area is 349 Å². The van der Waals surface area contributed by atoms with Crippen LogP contribution in [0.4, 0.5) is 8.78 Å². The molecule has 14 heteroatoms. The Morgan fingerprint density at radius 3 is 1.27 bits per heavy atom. The van der Waals surface area contributed by atoms with Crippen molar-refractivity contribution in [2.75, 3.05) is 13.1 Å². The van der Waals surface area contributed by atoms with Crippen LogP contribution >= 0.6 is 0 Å². The lowest BCUT2D eigenvalue weighted by atomic mass is 9.92. The fourth-order valence-electron chi connectivity index (χ4n) is 5.64. The number of carboxylic acids is 1. The molecule has 0 saturated heterocycles. The maximum absolute atomic E-state index is 14.7. The van der Waals surface area contributed by atoms with Crippen LogP contribution in [-0.2, 0) is 4.74 Å². The summed E-state index contributed by atoms with van der Waals surface area (Å²) >= 11 is 0. The number of nitrogens with one attached hydrogen (secondary N) is 2. The first-order valence-electron chi connectivity index (χ1n) is 19.0. The average Bonchev–Trinajstić information content (AvgIpc) is 3.13. The molecule has 0 aromatic heterocycles. The van der Waals surface area contributed by atoms with E-state index in [0.717, 1.165) is 12.1 Å². The van der Waals surface area contributed by atoms with Gasteiger partial charge in [-0.3, -0.25) is 19.2 Å². The van der Waals surface area contributed by atoms with Crippen molar-refractivity contribution in [3.63, 3.8) is 0 Å². The summed E-state index contributed by atoms with van der Waals surface area (Å²) in [7, 11) is 0. The van der Waals surface area contributed by atoms with Crippen molar-refractivity contribution in [2.45, 2.75) is 81.8 Å². The summed E-state index contributed by atoms with van der Waals surface area (Å²) in [6, 6.07) is 13.5. The lowest BCUT2D eigenvalue weighted by molar-refractivity contribution is 0.00683. The molecule has 0 heterocycles. The summed E-state index contributed by atoms with van der Waals surface area (Å²) in [4.78, 5) is 72.8. The molecule has 0 aliphatic heterocycles. The van der Waals surface area contributed by atoms with Gasteiger partial charge in [0.05, 0.1) is 11.1 Å². The maximum Gasteiger partial charge on any atom is 0.338 e. The maximum atomic E-state index is 14.7. The number of nitrogens with two attached hydrogens (primary N) is 2. The number of ether oxygens (including phenoxy) is 1. The van der Waals surface area contributed by atoms with Crippen LogP contribution in [0, 0.1) is 36.3 Å². The van der Waals surface area contributed by atoms with Gasteiger partial charge in [-0.1, -0.05) is 53.7 Å². The SMILES string of the molecule is Cc1c(F)cc(C(=O)O)cc1-c1ccc(C(=O)NCC(C)(C)C)cc1C(N)=O.Cc1c(F)cc(C(=O)OC(C)(C)C)cc1-c1ccc(C(=O)NCC(C)(C)C)cc1C(N)=O. The fraction of sp³-hybridized carbons (Fsp3) is 0.348. The number of amides is 4. The van der Waals surface area contributed by atoms with Crippen molar-refractivity contribution >= 4 is 35.6 Å². The first-order chi connectivity index (χ1) is 27.5. The van der Waals surface area contributed by atoms with Crippen molar-refractivity contribution in [1.82, 2.24) is 10.6 Å². The summed E-state index contributed by atoms with van der Waals surface area (Å²) in [6.45, 7) is 20.9. The number of halogens is 2. The Hall–Kier alpha value is -6.44. The number of carbonyl (C=O) groups is 6. The highest BCUT2D eigenvalue weighted by molar-refractivity contribution is 6.06. The molecule has 60 heavy (non-hydrogen) atoms. The minimum Gasteiger partial charge on any atom is -0.478 e. The molecule has 0 atom stereocenters. The molecule has 12 nitrogen and oxygen atoms in total. The van der Waals surface area contributed by atoms with Gasteiger partial charge in [0, 0.05) is 35.3 Å². The minimum absolute atomic E-state index is 0.00782. The van der Waals surface area contributed by atoms with Gasteiger partial charge in [0.1, 0.15) is 17.2 Å². The van der Waals surface area contributed by atoms with E-state index in [1.54, 1.807) is 20.8 Å². The molecule has 0 saturated carbocycles. The van der Waals surface area contributed by atoms with Crippen LogP contribution < -0.4 is 22.1 Å². The number of carboxylic acid groups (broad SMARTS) is 1. The number of esters is 1. The number of primary amides is 2. The van der Waals surface area contributed by atoms with Crippen LogP contribution in [0.5, 0.6) is 0 Å². The predicted octanol–water partition coefficient (Wildman–Crippen LogP) is 8.01. The highest BCUT2D eigenvalue weighted by Gasteiger charge is 2.24. The van der Waals surface area contributed by atoms with Crippen LogP contribution in [0.2, 0.25) is 0 Å². The van der Waals surface area contributed by atoms with Gasteiger partial charge in [-0.25, -0.2) is 18.4 Å². The van der Waals surface area contributed by atoms with Crippen LogP contribution in [0.1, 0.15) is 136 Å². The summed E-state index contributed by atoms with van der Waals surface area (Å²) in [6.07, 6.45) is 0. The first-order valence-corrected chi connectivity index (χ1v) is 19.0. The fourth-order valence-corrected chi connectivity index (χ4v) is 5.64. The van der Waals surface area contributed by atoms with Gasteiger partial charge in [-0.15, -0.1) is 0 Å². The minimum atomic E-state index is -1.29. The standard InChI is InChI=1S/C25H31FN2O4.C21H23FN2O4/c1-14-18(11-16(12-20(14)26)23(31)32-25(5,6)7)17-9-8-15(10-19(17)21(27)29)22(30)28-13-24(2,3)4;1-11-15(8-13(20(27)28)9-17(11)22)14-6-5-12(7-16(14)18(23)25)19(26)24-10-21(2,3)4/h8-12H,13H2,1-7H3,(H2,27,29)(H,28,30);5-9H,10H2,1-4H3,(H2,23,25)(H,24,26)(H,27,28). The van der Waals surface area contributed by atoms with Gasteiger partial charge >= 0.3 is 11.9 Å². The van der Waals surface area contributed by atoms with E-state index >= 15 is 0 Å². The molecule has 4 rings (SSSR count). The van der Waals surface area contributed by atoms with E-state index in [2.05, 4.69) is 10.6 Å². The third kappa shape index (κ3) is 13.0. The molecule has 320 valence electrons. The second-order valence-corrected chi connectivity index (χ2v) is 17.8. The number of aromatic carboxylic acids is 1. The molecule has 0 bridgehead atoms. The van der Waals surface area contributed by atoms with Crippen LogP contribution in [0.25, 0.3) is 22.3 Å². The van der Waals surface area contributed by atoms with Gasteiger partial charge in [-0.05, 0) is 127 Å². The van der Waals surface area contributed by atoms with Gasteiger partial charge in [0.2, 0.25) is 11.8 Å². The topological polar surface area (TPSA) is 208 Å².